The first-order chi connectivity index (χ1) is 23.0. The quantitative estimate of drug-likeness (QED) is 0.213. The number of benzene rings is 3. The van der Waals surface area contributed by atoms with Crippen molar-refractivity contribution in [2.45, 2.75) is 28.8 Å². The number of nitrogens with one attached hydrogen (secondary N) is 2. The minimum atomic E-state index is -4.53. The molecule has 2 aliphatic heterocycles. The number of carbonyl (C=O) groups is 3. The van der Waals surface area contributed by atoms with Crippen LogP contribution in [0.3, 0.4) is 0 Å². The molecule has 48 heavy (non-hydrogen) atoms. The molecule has 8 nitrogen and oxygen atoms in total. The van der Waals surface area contributed by atoms with Gasteiger partial charge in [-0.05, 0) is 84.3 Å². The van der Waals surface area contributed by atoms with E-state index in [1.807, 2.05) is 12.1 Å². The lowest BCUT2D eigenvalue weighted by Crippen LogP contribution is -2.42. The van der Waals surface area contributed by atoms with Crippen LogP contribution in [-0.4, -0.2) is 34.6 Å². The number of rotatable bonds is 6. The van der Waals surface area contributed by atoms with Crippen LogP contribution >= 0.6 is 34.7 Å². The van der Waals surface area contributed by atoms with Gasteiger partial charge >= 0.3 is 11.0 Å². The first-order valence-corrected chi connectivity index (χ1v) is 17.3. The Labute approximate surface area is 284 Å². The van der Waals surface area contributed by atoms with Crippen LogP contribution in [0, 0.1) is 29.6 Å². The number of nitrogens with zero attached hydrogens (tertiary/aromatic N) is 1. The predicted octanol–water partition coefficient (Wildman–Crippen LogP) is 6.80. The number of alkyl halides is 3. The number of aromatic nitrogens is 1. The van der Waals surface area contributed by atoms with E-state index < -0.39 is 36.1 Å². The number of thioether (sulfide) groups is 1. The molecule has 2 N–H and O–H groups in total. The molecule has 4 unspecified atom stereocenters. The average Bonchev–Trinajstić information content (AvgIpc) is 3.79. The molecule has 4 aromatic rings. The summed E-state index contributed by atoms with van der Waals surface area (Å²) in [6, 6.07) is 18.2. The van der Waals surface area contributed by atoms with Crippen LogP contribution in [-0.2, 0) is 20.6 Å². The molecule has 3 aromatic carbocycles. The highest BCUT2D eigenvalue weighted by molar-refractivity contribution is 8.00. The Morgan fingerprint density at radius 2 is 1.69 bits per heavy atom. The van der Waals surface area contributed by atoms with Gasteiger partial charge in [-0.25, -0.2) is 0 Å². The van der Waals surface area contributed by atoms with Crippen molar-refractivity contribution in [3.05, 3.63) is 103 Å². The highest BCUT2D eigenvalue weighted by Gasteiger charge is 2.69. The fourth-order valence-electron chi connectivity index (χ4n) is 8.13. The van der Waals surface area contributed by atoms with Crippen molar-refractivity contribution in [1.29, 1.82) is 0 Å². The number of halogens is 4. The lowest BCUT2D eigenvalue weighted by Gasteiger charge is -2.43. The van der Waals surface area contributed by atoms with Crippen LogP contribution in [0.25, 0.3) is 0 Å². The maximum atomic E-state index is 13.9. The standard InChI is InChI=1S/C34H25ClF3N3O5S2/c35-17-6-8-19(9-7-17)41-31(43)26-21-13-22(27(26)32(41)44)28-25(21)24(29-30(47-28)40-33(45)48-29)15-4-10-20(11-5-15)46-14-23(42)39-18-3-1-2-16(12-18)34(36,37)38/h1-12,21-22,24-28H,13-14H2,(H,39,42)(H,40,45)/t21-,22-,24-,25?,26?,27?,28?/m1/s1. The summed E-state index contributed by atoms with van der Waals surface area (Å²) < 4.78 is 44.7. The Morgan fingerprint density at radius 1 is 0.979 bits per heavy atom. The van der Waals surface area contributed by atoms with Gasteiger partial charge in [-0.3, -0.25) is 24.1 Å². The number of imide groups is 1. The van der Waals surface area contributed by atoms with E-state index in [1.165, 1.54) is 17.0 Å². The minimum absolute atomic E-state index is 0.00614. The number of hydrogen-bond acceptors (Lipinski definition) is 7. The molecular formula is C34H25ClF3N3O5S2. The van der Waals surface area contributed by atoms with Crippen molar-refractivity contribution >= 4 is 63.8 Å². The number of H-pyrrole nitrogens is 1. The van der Waals surface area contributed by atoms with E-state index >= 15 is 0 Å². The second kappa shape index (κ2) is 11.5. The molecule has 7 atom stereocenters. The summed E-state index contributed by atoms with van der Waals surface area (Å²) in [7, 11) is 0. The fourth-order valence-corrected chi connectivity index (χ4v) is 11.1. The molecule has 14 heteroatoms. The summed E-state index contributed by atoms with van der Waals surface area (Å²) in [5.41, 5.74) is 0.562. The molecule has 1 aromatic heterocycles. The molecule has 3 heterocycles. The lowest BCUT2D eigenvalue weighted by atomic mass is 9.68. The van der Waals surface area contributed by atoms with Gasteiger partial charge < -0.3 is 15.0 Å². The van der Waals surface area contributed by atoms with E-state index in [0.717, 1.165) is 45.4 Å². The molecule has 4 aliphatic rings. The number of hydrogen-bond donors (Lipinski definition) is 2. The average molecular weight is 712 g/mol. The van der Waals surface area contributed by atoms with Crippen LogP contribution in [0.1, 0.15) is 28.3 Å². The number of fused-ring (bicyclic) bond motifs is 9. The smallest absolute Gasteiger partial charge is 0.416 e. The van der Waals surface area contributed by atoms with Crippen molar-refractivity contribution in [1.82, 2.24) is 4.98 Å². The van der Waals surface area contributed by atoms with Gasteiger partial charge in [0.05, 0.1) is 28.1 Å². The van der Waals surface area contributed by atoms with E-state index in [0.29, 0.717) is 16.5 Å². The van der Waals surface area contributed by atoms with Crippen molar-refractivity contribution in [2.75, 3.05) is 16.8 Å². The third kappa shape index (κ3) is 5.14. The highest BCUT2D eigenvalue weighted by atomic mass is 35.5. The Kier molecular flexibility index (Phi) is 7.49. The van der Waals surface area contributed by atoms with Gasteiger partial charge in [0.2, 0.25) is 11.8 Å². The van der Waals surface area contributed by atoms with E-state index in [9.17, 15) is 32.3 Å². The summed E-state index contributed by atoms with van der Waals surface area (Å²) in [5, 5.41) is 3.75. The predicted molar refractivity (Wildman–Crippen MR) is 174 cm³/mol. The molecule has 1 saturated heterocycles. The number of aromatic amines is 1. The van der Waals surface area contributed by atoms with E-state index in [2.05, 4.69) is 10.3 Å². The van der Waals surface area contributed by atoms with Gasteiger partial charge in [0.1, 0.15) is 5.75 Å². The van der Waals surface area contributed by atoms with Crippen molar-refractivity contribution in [2.24, 2.45) is 29.6 Å². The van der Waals surface area contributed by atoms with E-state index in [-0.39, 0.29) is 51.3 Å². The number of amides is 3. The van der Waals surface area contributed by atoms with Crippen LogP contribution < -0.4 is 19.8 Å². The third-order valence-corrected chi connectivity index (χ3v) is 12.7. The summed E-state index contributed by atoms with van der Waals surface area (Å²) in [6.07, 6.45) is -3.78. The molecule has 8 rings (SSSR count). The van der Waals surface area contributed by atoms with E-state index in [1.54, 1.807) is 48.2 Å². The number of thiazole rings is 1. The van der Waals surface area contributed by atoms with Crippen LogP contribution in [0.2, 0.25) is 5.02 Å². The maximum absolute atomic E-state index is 13.9. The Hall–Kier alpha value is -4.07. The topological polar surface area (TPSA) is 109 Å². The number of anilines is 2. The maximum Gasteiger partial charge on any atom is 0.416 e. The van der Waals surface area contributed by atoms with Gasteiger partial charge in [0.15, 0.2) is 6.61 Å². The third-order valence-electron chi connectivity index (χ3n) is 9.89. The number of carbonyl (C=O) groups excluding carboxylic acids is 3. The highest BCUT2D eigenvalue weighted by Crippen LogP contribution is 2.68. The minimum Gasteiger partial charge on any atom is -0.484 e. The largest absolute Gasteiger partial charge is 0.484 e. The zero-order valence-electron chi connectivity index (χ0n) is 24.7. The molecule has 0 radical (unpaired) electrons. The van der Waals surface area contributed by atoms with Crippen molar-refractivity contribution in [3.8, 4) is 5.75 Å². The number of ether oxygens (including phenoxy) is 1. The second-order valence-corrected chi connectivity index (χ2v) is 15.1. The molecule has 0 spiro atoms. The van der Waals surface area contributed by atoms with Crippen molar-refractivity contribution in [3.63, 3.8) is 0 Å². The second-order valence-electron chi connectivity index (χ2n) is 12.4. The first-order valence-electron chi connectivity index (χ1n) is 15.2. The van der Waals surface area contributed by atoms with Crippen LogP contribution in [0.5, 0.6) is 5.75 Å². The molecular weight excluding hydrogens is 687 g/mol. The van der Waals surface area contributed by atoms with E-state index in [4.69, 9.17) is 16.3 Å². The normalized spacial score (nSPS) is 27.1. The summed E-state index contributed by atoms with van der Waals surface area (Å²) in [5.74, 6) is -1.75. The fraction of sp³-hybridized carbons (Fsp3) is 0.294. The van der Waals surface area contributed by atoms with Gasteiger partial charge in [-0.15, -0.1) is 11.8 Å². The Bertz CT molecular complexity index is 2020. The van der Waals surface area contributed by atoms with Gasteiger partial charge in [0, 0.05) is 26.8 Å². The van der Waals surface area contributed by atoms with Crippen LogP contribution in [0.15, 0.2) is 82.6 Å². The molecule has 2 saturated carbocycles. The molecule has 246 valence electrons. The zero-order chi connectivity index (χ0) is 33.5. The summed E-state index contributed by atoms with van der Waals surface area (Å²) in [6.45, 7) is -0.420. The Balaban J connectivity index is 1.02. The molecule has 3 fully saturated rings. The van der Waals surface area contributed by atoms with Gasteiger partial charge in [-0.1, -0.05) is 41.1 Å². The van der Waals surface area contributed by atoms with Crippen LogP contribution in [0.4, 0.5) is 24.5 Å². The lowest BCUT2D eigenvalue weighted by molar-refractivity contribution is -0.137. The summed E-state index contributed by atoms with van der Waals surface area (Å²) >= 11 is 8.82. The molecule has 2 aliphatic carbocycles. The first kappa shape index (κ1) is 31.2. The SMILES string of the molecule is O=C(COc1ccc([C@H]2c3sc(=O)[nH]c3SC3C2[C@H]2C[C@@H]3C3C(=O)N(c4ccc(Cl)cc4)C(=O)C32)cc1)Nc1cccc(C(F)(F)F)c1. The molecule has 3 amide bonds. The zero-order valence-corrected chi connectivity index (χ0v) is 27.1. The van der Waals surface area contributed by atoms with Gasteiger partial charge in [0.25, 0.3) is 5.91 Å². The Morgan fingerprint density at radius 3 is 2.40 bits per heavy atom. The van der Waals surface area contributed by atoms with Gasteiger partial charge in [-0.2, -0.15) is 13.2 Å². The monoisotopic (exact) mass is 711 g/mol. The van der Waals surface area contributed by atoms with Crippen molar-refractivity contribution < 1.29 is 32.3 Å². The summed E-state index contributed by atoms with van der Waals surface area (Å²) in [4.78, 5) is 57.7. The molecule has 2 bridgehead atoms.